The predicted octanol–water partition coefficient (Wildman–Crippen LogP) is 4.36. The second kappa shape index (κ2) is 9.65. The van der Waals surface area contributed by atoms with E-state index in [0.717, 1.165) is 37.9 Å². The van der Waals surface area contributed by atoms with Crippen LogP contribution in [0.2, 0.25) is 5.02 Å². The van der Waals surface area contributed by atoms with Crippen molar-refractivity contribution in [3.8, 4) is 0 Å². The first-order valence-corrected chi connectivity index (χ1v) is 12.1. The average Bonchev–Trinajstić information content (AvgIpc) is 3.44. The lowest BCUT2D eigenvalue weighted by molar-refractivity contribution is 0.0912. The van der Waals surface area contributed by atoms with Crippen LogP contribution in [-0.4, -0.2) is 49.5 Å². The molecule has 1 amide bonds. The smallest absolute Gasteiger partial charge is 0.261 e. The molecule has 8 nitrogen and oxygen atoms in total. The lowest BCUT2D eigenvalue weighted by atomic mass is 10.0. The van der Waals surface area contributed by atoms with Crippen molar-refractivity contribution in [2.45, 2.75) is 25.4 Å². The van der Waals surface area contributed by atoms with Gasteiger partial charge in [-0.1, -0.05) is 11.6 Å². The molecule has 0 radical (unpaired) electrons. The van der Waals surface area contributed by atoms with Gasteiger partial charge in [0, 0.05) is 44.6 Å². The van der Waals surface area contributed by atoms with Crippen LogP contribution in [0.3, 0.4) is 0 Å². The molecule has 1 aliphatic heterocycles. The number of hydrogen-bond acceptors (Lipinski definition) is 7. The Bertz CT molecular complexity index is 1330. The Kier molecular flexibility index (Phi) is 6.44. The van der Waals surface area contributed by atoms with Crippen LogP contribution in [0.4, 0.5) is 15.9 Å². The zero-order valence-electron chi connectivity index (χ0n) is 18.5. The highest BCUT2D eigenvalue weighted by Crippen LogP contribution is 2.31. The summed E-state index contributed by atoms with van der Waals surface area (Å²) in [4.78, 5) is 29.4. The van der Waals surface area contributed by atoms with Gasteiger partial charge in [0.1, 0.15) is 22.8 Å². The molecule has 176 valence electrons. The second-order valence-electron chi connectivity index (χ2n) is 8.33. The van der Waals surface area contributed by atoms with E-state index in [-0.39, 0.29) is 17.0 Å². The molecular weight excluding hydrogens is 477 g/mol. The summed E-state index contributed by atoms with van der Waals surface area (Å²) in [6.07, 6.45) is 6.93. The number of nitrogens with zero attached hydrogens (tertiary/aromatic N) is 5. The summed E-state index contributed by atoms with van der Waals surface area (Å²) in [6.45, 7) is 2.70. The van der Waals surface area contributed by atoms with Crippen molar-refractivity contribution >= 4 is 50.6 Å². The van der Waals surface area contributed by atoms with E-state index in [1.165, 1.54) is 35.5 Å². The normalized spacial score (nSPS) is 15.0. The highest BCUT2D eigenvalue weighted by atomic mass is 35.5. The van der Waals surface area contributed by atoms with E-state index in [9.17, 15) is 9.18 Å². The van der Waals surface area contributed by atoms with Crippen molar-refractivity contribution in [1.82, 2.24) is 29.7 Å². The van der Waals surface area contributed by atoms with Crippen molar-refractivity contribution in [2.75, 3.05) is 18.4 Å². The largest absolute Gasteiger partial charge is 0.349 e. The van der Waals surface area contributed by atoms with Gasteiger partial charge in [0.15, 0.2) is 0 Å². The molecule has 3 aromatic heterocycles. The van der Waals surface area contributed by atoms with E-state index in [1.54, 1.807) is 12.1 Å². The van der Waals surface area contributed by atoms with Crippen LogP contribution in [0.15, 0.2) is 43.1 Å². The fraction of sp³-hybridized carbons (Fsp3) is 0.304. The van der Waals surface area contributed by atoms with Gasteiger partial charge in [0.05, 0.1) is 27.3 Å². The van der Waals surface area contributed by atoms with Crippen molar-refractivity contribution in [1.29, 1.82) is 0 Å². The van der Waals surface area contributed by atoms with Gasteiger partial charge < -0.3 is 15.2 Å². The second-order valence-corrected chi connectivity index (χ2v) is 9.76. The molecule has 0 spiro atoms. The summed E-state index contributed by atoms with van der Waals surface area (Å²) in [5.41, 5.74) is 1.78. The number of halogens is 2. The monoisotopic (exact) mass is 499 g/mol. The Morgan fingerprint density at radius 1 is 1.26 bits per heavy atom. The maximum absolute atomic E-state index is 13.5. The minimum Gasteiger partial charge on any atom is -0.349 e. The number of hydrogen-bond donors (Lipinski definition) is 2. The summed E-state index contributed by atoms with van der Waals surface area (Å²) >= 11 is 7.20. The molecule has 0 unspecified atom stereocenters. The van der Waals surface area contributed by atoms with Crippen LogP contribution in [0.1, 0.15) is 28.2 Å². The maximum Gasteiger partial charge on any atom is 0.261 e. The molecule has 11 heteroatoms. The first kappa shape index (κ1) is 22.7. The third-order valence-corrected chi connectivity index (χ3v) is 7.29. The zero-order chi connectivity index (χ0) is 23.7. The number of aryl methyl sites for hydroxylation is 1. The molecule has 4 heterocycles. The van der Waals surface area contributed by atoms with E-state index in [4.69, 9.17) is 11.6 Å². The van der Waals surface area contributed by atoms with Gasteiger partial charge in [-0.05, 0) is 37.1 Å². The molecule has 1 saturated heterocycles. The number of anilines is 2. The number of likely N-dealkylation sites (tertiary alicyclic amines) is 1. The Balaban J connectivity index is 1.23. The number of aromatic nitrogens is 4. The van der Waals surface area contributed by atoms with E-state index in [2.05, 4.69) is 30.5 Å². The van der Waals surface area contributed by atoms with Crippen molar-refractivity contribution < 1.29 is 9.18 Å². The van der Waals surface area contributed by atoms with Crippen molar-refractivity contribution in [2.24, 2.45) is 7.05 Å². The molecule has 2 N–H and O–H groups in total. The van der Waals surface area contributed by atoms with Gasteiger partial charge in [-0.25, -0.2) is 19.3 Å². The number of carbonyl (C=O) groups is 1. The Morgan fingerprint density at radius 3 is 2.82 bits per heavy atom. The number of piperidine rings is 1. The minimum atomic E-state index is -0.489. The molecule has 34 heavy (non-hydrogen) atoms. The fourth-order valence-electron chi connectivity index (χ4n) is 4.04. The molecule has 5 rings (SSSR count). The summed E-state index contributed by atoms with van der Waals surface area (Å²) in [5.74, 6) is -0.0624. The van der Waals surface area contributed by atoms with Gasteiger partial charge in [0.2, 0.25) is 0 Å². The summed E-state index contributed by atoms with van der Waals surface area (Å²) in [6, 6.07) is 6.28. The third kappa shape index (κ3) is 4.89. The van der Waals surface area contributed by atoms with E-state index < -0.39 is 5.82 Å². The number of thiophene rings is 1. The van der Waals surface area contributed by atoms with E-state index >= 15 is 0 Å². The van der Waals surface area contributed by atoms with Crippen LogP contribution < -0.4 is 10.6 Å². The van der Waals surface area contributed by atoms with E-state index in [1.807, 2.05) is 24.1 Å². The van der Waals surface area contributed by atoms with Crippen LogP contribution in [0.25, 0.3) is 10.2 Å². The Labute approximate surface area is 204 Å². The summed E-state index contributed by atoms with van der Waals surface area (Å²) < 4.78 is 15.5. The average molecular weight is 500 g/mol. The van der Waals surface area contributed by atoms with Crippen LogP contribution in [0.5, 0.6) is 0 Å². The highest BCUT2D eigenvalue weighted by molar-refractivity contribution is 7.20. The number of amides is 1. The van der Waals surface area contributed by atoms with Gasteiger partial charge in [-0.15, -0.1) is 11.3 Å². The quantitative estimate of drug-likeness (QED) is 0.410. The predicted molar refractivity (Wildman–Crippen MR) is 131 cm³/mol. The van der Waals surface area contributed by atoms with Crippen molar-refractivity contribution in [3.05, 3.63) is 64.5 Å². The van der Waals surface area contributed by atoms with Gasteiger partial charge in [-0.3, -0.25) is 9.69 Å². The number of fused-ring (bicyclic) bond motifs is 1. The molecule has 0 bridgehead atoms. The Hall–Kier alpha value is -3.08. The third-order valence-electron chi connectivity index (χ3n) is 5.96. The SMILES string of the molecule is Cn1cncc1CN1CCC(NC(=O)c2cc3c(Nc4ccc(F)c(Cl)c4)ncnc3s2)CC1. The number of imidazole rings is 1. The van der Waals surface area contributed by atoms with Crippen LogP contribution in [0, 0.1) is 5.82 Å². The Morgan fingerprint density at radius 2 is 2.09 bits per heavy atom. The molecule has 1 aliphatic rings. The minimum absolute atomic E-state index is 0.0204. The molecule has 0 saturated carbocycles. The molecule has 1 fully saturated rings. The standard InChI is InChI=1S/C23H23ClFN7OS/c1-31-13-26-10-16(31)11-32-6-4-14(5-7-32)30-22(33)20-9-17-21(27-12-28-23(17)34-20)29-15-2-3-19(25)18(24)8-15/h2-3,8-10,12-14H,4-7,11H2,1H3,(H,30,33)(H,27,28,29). The molecule has 4 aromatic rings. The number of rotatable bonds is 6. The van der Waals surface area contributed by atoms with Crippen molar-refractivity contribution in [3.63, 3.8) is 0 Å². The number of carbonyl (C=O) groups excluding carboxylic acids is 1. The first-order chi connectivity index (χ1) is 16.5. The number of nitrogens with one attached hydrogen (secondary N) is 2. The molecule has 1 aromatic carbocycles. The number of benzene rings is 1. The topological polar surface area (TPSA) is 88.0 Å². The van der Waals surface area contributed by atoms with Gasteiger partial charge in [-0.2, -0.15) is 0 Å². The van der Waals surface area contributed by atoms with Crippen LogP contribution >= 0.6 is 22.9 Å². The summed E-state index contributed by atoms with van der Waals surface area (Å²) in [5, 5.41) is 7.05. The van der Waals surface area contributed by atoms with Gasteiger partial charge in [0.25, 0.3) is 5.91 Å². The van der Waals surface area contributed by atoms with E-state index in [0.29, 0.717) is 21.2 Å². The molecular formula is C23H23ClFN7OS. The molecule has 0 atom stereocenters. The lowest BCUT2D eigenvalue weighted by Gasteiger charge is -2.32. The van der Waals surface area contributed by atoms with Crippen LogP contribution in [-0.2, 0) is 13.6 Å². The maximum atomic E-state index is 13.5. The summed E-state index contributed by atoms with van der Waals surface area (Å²) in [7, 11) is 2.00. The fourth-order valence-corrected chi connectivity index (χ4v) is 5.12. The molecule has 0 aliphatic carbocycles. The zero-order valence-corrected chi connectivity index (χ0v) is 20.0. The highest BCUT2D eigenvalue weighted by Gasteiger charge is 2.23. The van der Waals surface area contributed by atoms with Gasteiger partial charge >= 0.3 is 0 Å². The lowest BCUT2D eigenvalue weighted by Crippen LogP contribution is -2.44. The first-order valence-electron chi connectivity index (χ1n) is 10.9.